The van der Waals surface area contributed by atoms with Gasteiger partial charge in [-0.05, 0) is 61.9 Å². The number of benzene rings is 3. The summed E-state index contributed by atoms with van der Waals surface area (Å²) in [5.41, 5.74) is 3.48. The molecule has 3 aromatic carbocycles. The summed E-state index contributed by atoms with van der Waals surface area (Å²) in [6, 6.07) is 21.5. The Bertz CT molecular complexity index is 1600. The fourth-order valence-corrected chi connectivity index (χ4v) is 6.68. The number of aromatic nitrogens is 2. The molecule has 0 N–H and O–H groups in total. The number of hydrogen-bond acceptors (Lipinski definition) is 4. The number of carbonyl (C=O) groups excluding carboxylic acids is 2. The number of piperidine rings is 1. The molecule has 0 unspecified atom stereocenters. The SMILES string of the molecule is O=C(c1cccc(Cl)c1Cl)N1CCN(C(=O)[C@H]2CCCN(Cc3nc4ccccc4n3-c3cccc(Br)c3)C2)CC1. The molecule has 1 atom stereocenters. The molecule has 0 radical (unpaired) electrons. The van der Waals surface area contributed by atoms with Gasteiger partial charge in [0.1, 0.15) is 5.82 Å². The molecule has 2 aliphatic heterocycles. The van der Waals surface area contributed by atoms with Crippen molar-refractivity contribution in [2.75, 3.05) is 39.3 Å². The van der Waals surface area contributed by atoms with E-state index in [4.69, 9.17) is 28.2 Å². The topological polar surface area (TPSA) is 61.7 Å². The highest BCUT2D eigenvalue weighted by Gasteiger charge is 2.33. The van der Waals surface area contributed by atoms with Crippen LogP contribution < -0.4 is 0 Å². The van der Waals surface area contributed by atoms with Gasteiger partial charge in [0.15, 0.2) is 0 Å². The Hall–Kier alpha value is -2.91. The number of halogens is 3. The molecule has 7 nitrogen and oxygen atoms in total. The van der Waals surface area contributed by atoms with Gasteiger partial charge in [-0.15, -0.1) is 0 Å². The van der Waals surface area contributed by atoms with Crippen molar-refractivity contribution in [1.29, 1.82) is 0 Å². The lowest BCUT2D eigenvalue weighted by atomic mass is 9.96. The first-order valence-electron chi connectivity index (χ1n) is 13.9. The van der Waals surface area contributed by atoms with Gasteiger partial charge in [-0.25, -0.2) is 4.98 Å². The lowest BCUT2D eigenvalue weighted by molar-refractivity contribution is -0.139. The van der Waals surface area contributed by atoms with Gasteiger partial charge in [0.25, 0.3) is 5.91 Å². The van der Waals surface area contributed by atoms with Crippen LogP contribution in [0.2, 0.25) is 10.0 Å². The standard InChI is InChI=1S/C31H30BrCl2N5O2/c32-22-7-3-8-23(18-22)39-27-12-2-1-11-26(27)35-28(39)20-36-13-5-6-21(19-36)30(40)37-14-16-38(17-15-37)31(41)24-9-4-10-25(33)29(24)34/h1-4,7-12,18,21H,5-6,13-17,19-20H2/t21-/m0/s1. The van der Waals surface area contributed by atoms with Gasteiger partial charge >= 0.3 is 0 Å². The number of amides is 2. The van der Waals surface area contributed by atoms with E-state index in [9.17, 15) is 9.59 Å². The van der Waals surface area contributed by atoms with Crippen molar-refractivity contribution in [2.45, 2.75) is 19.4 Å². The second-order valence-electron chi connectivity index (χ2n) is 10.6. The fraction of sp³-hybridized carbons (Fsp3) is 0.323. The van der Waals surface area contributed by atoms with Gasteiger partial charge < -0.3 is 9.80 Å². The van der Waals surface area contributed by atoms with E-state index in [1.165, 1.54) is 0 Å². The molecule has 1 aromatic heterocycles. The summed E-state index contributed by atoms with van der Waals surface area (Å²) >= 11 is 16.0. The molecule has 6 rings (SSSR count). The predicted molar refractivity (Wildman–Crippen MR) is 166 cm³/mol. The molecular formula is C31H30BrCl2N5O2. The van der Waals surface area contributed by atoms with E-state index in [2.05, 4.69) is 43.6 Å². The van der Waals surface area contributed by atoms with Crippen molar-refractivity contribution in [3.63, 3.8) is 0 Å². The Morgan fingerprint density at radius 1 is 0.902 bits per heavy atom. The van der Waals surface area contributed by atoms with E-state index >= 15 is 0 Å². The average Bonchev–Trinajstić information content (AvgIpc) is 3.36. The van der Waals surface area contributed by atoms with Crippen LogP contribution in [0.15, 0.2) is 71.2 Å². The number of rotatable bonds is 5. The van der Waals surface area contributed by atoms with Crippen LogP contribution in [-0.4, -0.2) is 75.3 Å². The van der Waals surface area contributed by atoms with E-state index in [1.54, 1.807) is 23.1 Å². The summed E-state index contributed by atoms with van der Waals surface area (Å²) in [4.78, 5) is 37.6. The van der Waals surface area contributed by atoms with Gasteiger partial charge in [-0.2, -0.15) is 0 Å². The minimum absolute atomic E-state index is 0.0722. The second kappa shape index (κ2) is 12.1. The van der Waals surface area contributed by atoms with E-state index in [0.29, 0.717) is 49.9 Å². The Kier molecular flexibility index (Phi) is 8.35. The largest absolute Gasteiger partial charge is 0.339 e. The Morgan fingerprint density at radius 2 is 1.66 bits per heavy atom. The lowest BCUT2D eigenvalue weighted by Gasteiger charge is -2.39. The molecule has 10 heteroatoms. The van der Waals surface area contributed by atoms with Crippen LogP contribution in [-0.2, 0) is 11.3 Å². The van der Waals surface area contributed by atoms with Gasteiger partial charge in [0, 0.05) is 42.9 Å². The number of nitrogens with zero attached hydrogens (tertiary/aromatic N) is 5. The second-order valence-corrected chi connectivity index (χ2v) is 12.3. The van der Waals surface area contributed by atoms with Crippen molar-refractivity contribution in [3.05, 3.63) is 92.6 Å². The number of imidazole rings is 1. The van der Waals surface area contributed by atoms with Crippen LogP contribution in [0.25, 0.3) is 16.7 Å². The molecule has 2 saturated heterocycles. The number of fused-ring (bicyclic) bond motifs is 1. The molecule has 2 aliphatic rings. The van der Waals surface area contributed by atoms with Crippen molar-refractivity contribution >= 4 is 62.0 Å². The highest BCUT2D eigenvalue weighted by molar-refractivity contribution is 9.10. The predicted octanol–water partition coefficient (Wildman–Crippen LogP) is 6.29. The smallest absolute Gasteiger partial charge is 0.255 e. The number of hydrogen-bond donors (Lipinski definition) is 0. The zero-order valence-electron chi connectivity index (χ0n) is 22.5. The van der Waals surface area contributed by atoms with E-state index in [-0.39, 0.29) is 22.8 Å². The molecule has 0 aliphatic carbocycles. The van der Waals surface area contributed by atoms with E-state index in [1.807, 2.05) is 35.2 Å². The maximum Gasteiger partial charge on any atom is 0.255 e. The molecule has 2 amide bonds. The van der Waals surface area contributed by atoms with Crippen LogP contribution >= 0.6 is 39.1 Å². The van der Waals surface area contributed by atoms with Gasteiger partial charge in [0.2, 0.25) is 5.91 Å². The number of para-hydroxylation sites is 2. The quantitative estimate of drug-likeness (QED) is 0.254. The highest BCUT2D eigenvalue weighted by atomic mass is 79.9. The summed E-state index contributed by atoms with van der Waals surface area (Å²) in [5.74, 6) is 0.908. The average molecular weight is 655 g/mol. The molecule has 212 valence electrons. The molecule has 2 fully saturated rings. The van der Waals surface area contributed by atoms with Crippen molar-refractivity contribution in [2.24, 2.45) is 5.92 Å². The van der Waals surface area contributed by atoms with Crippen LogP contribution in [0.5, 0.6) is 0 Å². The highest BCUT2D eigenvalue weighted by Crippen LogP contribution is 2.29. The van der Waals surface area contributed by atoms with Crippen molar-refractivity contribution in [3.8, 4) is 5.69 Å². The molecular weight excluding hydrogens is 625 g/mol. The first-order chi connectivity index (χ1) is 19.9. The van der Waals surface area contributed by atoms with Crippen molar-refractivity contribution < 1.29 is 9.59 Å². The number of carbonyl (C=O) groups is 2. The normalized spacial score (nSPS) is 18.2. The summed E-state index contributed by atoms with van der Waals surface area (Å²) in [6.45, 7) is 4.25. The van der Waals surface area contributed by atoms with Crippen molar-refractivity contribution in [1.82, 2.24) is 24.3 Å². The first-order valence-corrected chi connectivity index (χ1v) is 15.4. The van der Waals surface area contributed by atoms with E-state index in [0.717, 1.165) is 46.4 Å². The lowest BCUT2D eigenvalue weighted by Crippen LogP contribution is -2.53. The van der Waals surface area contributed by atoms with Gasteiger partial charge in [-0.1, -0.05) is 63.4 Å². The van der Waals surface area contributed by atoms with Crippen LogP contribution in [0, 0.1) is 5.92 Å². The minimum Gasteiger partial charge on any atom is -0.339 e. The molecule has 41 heavy (non-hydrogen) atoms. The minimum atomic E-state index is -0.151. The Morgan fingerprint density at radius 3 is 2.46 bits per heavy atom. The third kappa shape index (κ3) is 5.89. The molecule has 0 saturated carbocycles. The zero-order valence-corrected chi connectivity index (χ0v) is 25.6. The Labute approximate surface area is 257 Å². The number of likely N-dealkylation sites (tertiary alicyclic amines) is 1. The van der Waals surface area contributed by atoms with Crippen LogP contribution in [0.1, 0.15) is 29.0 Å². The summed E-state index contributed by atoms with van der Waals surface area (Å²) < 4.78 is 3.23. The summed E-state index contributed by atoms with van der Waals surface area (Å²) in [7, 11) is 0. The van der Waals surface area contributed by atoms with Gasteiger partial charge in [-0.3, -0.25) is 19.1 Å². The van der Waals surface area contributed by atoms with Crippen LogP contribution in [0.4, 0.5) is 0 Å². The maximum atomic E-state index is 13.6. The van der Waals surface area contributed by atoms with Crippen LogP contribution in [0.3, 0.4) is 0 Å². The monoisotopic (exact) mass is 653 g/mol. The third-order valence-electron chi connectivity index (χ3n) is 7.98. The molecule has 0 spiro atoms. The fourth-order valence-electron chi connectivity index (χ4n) is 5.91. The zero-order chi connectivity index (χ0) is 28.5. The van der Waals surface area contributed by atoms with E-state index < -0.39 is 0 Å². The molecule has 0 bridgehead atoms. The Balaban J connectivity index is 1.12. The molecule has 3 heterocycles. The van der Waals surface area contributed by atoms with Gasteiger partial charge in [0.05, 0.1) is 39.1 Å². The first kappa shape index (κ1) is 28.2. The maximum absolute atomic E-state index is 13.6. The number of piperazine rings is 1. The summed E-state index contributed by atoms with van der Waals surface area (Å²) in [5, 5.41) is 0.633. The molecule has 4 aromatic rings. The third-order valence-corrected chi connectivity index (χ3v) is 9.29. The summed E-state index contributed by atoms with van der Waals surface area (Å²) in [6.07, 6.45) is 1.83.